The van der Waals surface area contributed by atoms with Gasteiger partial charge in [-0.2, -0.15) is 0 Å². The SMILES string of the molecule is CC[C@@H](C)N1C(=O)c2ccccc2N[C@@H]1c1cc(Cl)c2c(c1)OCCO2. The van der Waals surface area contributed by atoms with Crippen LogP contribution in [0.1, 0.15) is 42.4 Å². The summed E-state index contributed by atoms with van der Waals surface area (Å²) in [6.45, 7) is 5.10. The Kier molecular flexibility index (Phi) is 4.41. The number of anilines is 1. The number of carbonyl (C=O) groups excluding carboxylic acids is 1. The normalized spacial score (nSPS) is 19.6. The molecule has 2 aromatic carbocycles. The van der Waals surface area contributed by atoms with E-state index in [2.05, 4.69) is 19.2 Å². The minimum atomic E-state index is -0.319. The molecule has 0 saturated carbocycles. The molecular formula is C20H21ClN2O3. The lowest BCUT2D eigenvalue weighted by atomic mass is 10.0. The van der Waals surface area contributed by atoms with E-state index < -0.39 is 0 Å². The van der Waals surface area contributed by atoms with Crippen LogP contribution in [0.15, 0.2) is 36.4 Å². The maximum Gasteiger partial charge on any atom is 0.258 e. The Balaban J connectivity index is 1.81. The molecule has 2 atom stereocenters. The Labute approximate surface area is 157 Å². The fraction of sp³-hybridized carbons (Fsp3) is 0.350. The van der Waals surface area contributed by atoms with Crippen LogP contribution in [0.2, 0.25) is 5.02 Å². The second-order valence-electron chi connectivity index (χ2n) is 6.59. The van der Waals surface area contributed by atoms with Crippen molar-refractivity contribution in [3.63, 3.8) is 0 Å². The maximum absolute atomic E-state index is 13.2. The summed E-state index contributed by atoms with van der Waals surface area (Å²) in [7, 11) is 0. The summed E-state index contributed by atoms with van der Waals surface area (Å²) < 4.78 is 11.3. The van der Waals surface area contributed by atoms with Gasteiger partial charge in [-0.15, -0.1) is 0 Å². The Hall–Kier alpha value is -2.40. The molecule has 26 heavy (non-hydrogen) atoms. The predicted octanol–water partition coefficient (Wildman–Crippen LogP) is 4.48. The summed E-state index contributed by atoms with van der Waals surface area (Å²) in [5.74, 6) is 1.21. The quantitative estimate of drug-likeness (QED) is 0.863. The third-order valence-electron chi connectivity index (χ3n) is 4.96. The summed E-state index contributed by atoms with van der Waals surface area (Å²) in [5.41, 5.74) is 2.39. The van der Waals surface area contributed by atoms with Gasteiger partial charge < -0.3 is 19.7 Å². The fourth-order valence-electron chi connectivity index (χ4n) is 3.45. The van der Waals surface area contributed by atoms with Crippen molar-refractivity contribution >= 4 is 23.2 Å². The molecule has 2 aliphatic heterocycles. The highest BCUT2D eigenvalue weighted by atomic mass is 35.5. The van der Waals surface area contributed by atoms with E-state index in [4.69, 9.17) is 21.1 Å². The second-order valence-corrected chi connectivity index (χ2v) is 7.00. The van der Waals surface area contributed by atoms with Gasteiger partial charge in [0, 0.05) is 17.3 Å². The minimum absolute atomic E-state index is 0.0183. The van der Waals surface area contributed by atoms with Gasteiger partial charge in [-0.05, 0) is 37.6 Å². The molecule has 4 rings (SSSR count). The summed E-state index contributed by atoms with van der Waals surface area (Å²) >= 11 is 6.43. The van der Waals surface area contributed by atoms with E-state index in [1.165, 1.54) is 0 Å². The van der Waals surface area contributed by atoms with Gasteiger partial charge in [0.25, 0.3) is 5.91 Å². The number of rotatable bonds is 3. The van der Waals surface area contributed by atoms with Crippen molar-refractivity contribution in [2.45, 2.75) is 32.5 Å². The molecule has 0 unspecified atom stereocenters. The number of nitrogens with zero attached hydrogens (tertiary/aromatic N) is 1. The molecule has 0 aliphatic carbocycles. The number of nitrogens with one attached hydrogen (secondary N) is 1. The van der Waals surface area contributed by atoms with E-state index in [0.717, 1.165) is 17.7 Å². The topological polar surface area (TPSA) is 50.8 Å². The molecule has 0 aromatic heterocycles. The third kappa shape index (κ3) is 2.76. The Morgan fingerprint density at radius 2 is 2.04 bits per heavy atom. The molecule has 2 heterocycles. The van der Waals surface area contributed by atoms with Crippen molar-refractivity contribution < 1.29 is 14.3 Å². The standard InChI is InChI=1S/C20H21ClN2O3/c1-3-12(2)23-19(22-16-7-5-4-6-14(16)20(23)24)13-10-15(21)18-17(11-13)25-8-9-26-18/h4-7,10-12,19,22H,3,8-9H2,1-2H3/t12-,19+/m1/s1. The monoisotopic (exact) mass is 372 g/mol. The molecule has 5 nitrogen and oxygen atoms in total. The highest BCUT2D eigenvalue weighted by Crippen LogP contribution is 2.42. The number of carbonyl (C=O) groups is 1. The summed E-state index contributed by atoms with van der Waals surface area (Å²) in [4.78, 5) is 15.1. The van der Waals surface area contributed by atoms with Crippen LogP contribution in [-0.2, 0) is 0 Å². The average Bonchev–Trinajstić information content (AvgIpc) is 2.67. The first-order chi connectivity index (χ1) is 12.6. The molecule has 2 aromatic rings. The second kappa shape index (κ2) is 6.72. The maximum atomic E-state index is 13.2. The van der Waals surface area contributed by atoms with Crippen molar-refractivity contribution in [1.29, 1.82) is 0 Å². The molecule has 0 radical (unpaired) electrons. The van der Waals surface area contributed by atoms with Crippen LogP contribution in [-0.4, -0.2) is 30.1 Å². The van der Waals surface area contributed by atoms with Crippen LogP contribution < -0.4 is 14.8 Å². The van der Waals surface area contributed by atoms with E-state index in [0.29, 0.717) is 35.3 Å². The van der Waals surface area contributed by atoms with Crippen molar-refractivity contribution in [2.75, 3.05) is 18.5 Å². The van der Waals surface area contributed by atoms with Gasteiger partial charge in [0.15, 0.2) is 11.5 Å². The van der Waals surface area contributed by atoms with Gasteiger partial charge >= 0.3 is 0 Å². The molecule has 0 bridgehead atoms. The first kappa shape index (κ1) is 17.0. The summed E-state index contributed by atoms with van der Waals surface area (Å²) in [6, 6.07) is 11.4. The number of para-hydroxylation sites is 1. The summed E-state index contributed by atoms with van der Waals surface area (Å²) in [5, 5.41) is 3.99. The zero-order valence-electron chi connectivity index (χ0n) is 14.8. The lowest BCUT2D eigenvalue weighted by Gasteiger charge is -2.41. The molecule has 1 N–H and O–H groups in total. The third-order valence-corrected chi connectivity index (χ3v) is 5.24. The van der Waals surface area contributed by atoms with Crippen molar-refractivity contribution in [3.05, 3.63) is 52.5 Å². The number of amides is 1. The summed E-state index contributed by atoms with van der Waals surface area (Å²) in [6.07, 6.45) is 0.533. The number of hydrogen-bond donors (Lipinski definition) is 1. The smallest absolute Gasteiger partial charge is 0.258 e. The minimum Gasteiger partial charge on any atom is -0.486 e. The average molecular weight is 373 g/mol. The zero-order chi connectivity index (χ0) is 18.3. The Morgan fingerprint density at radius 1 is 1.27 bits per heavy atom. The molecule has 2 aliphatic rings. The number of halogens is 1. The van der Waals surface area contributed by atoms with Gasteiger partial charge in [-0.25, -0.2) is 0 Å². The molecular weight excluding hydrogens is 352 g/mol. The molecule has 0 saturated heterocycles. The Morgan fingerprint density at radius 3 is 2.85 bits per heavy atom. The van der Waals surface area contributed by atoms with Crippen molar-refractivity contribution in [2.24, 2.45) is 0 Å². The van der Waals surface area contributed by atoms with Crippen LogP contribution in [0.25, 0.3) is 0 Å². The van der Waals surface area contributed by atoms with Gasteiger partial charge in [-0.3, -0.25) is 4.79 Å². The molecule has 136 valence electrons. The van der Waals surface area contributed by atoms with Crippen LogP contribution >= 0.6 is 11.6 Å². The van der Waals surface area contributed by atoms with E-state index in [9.17, 15) is 4.79 Å². The molecule has 1 amide bonds. The number of benzene rings is 2. The number of ether oxygens (including phenoxy) is 2. The highest BCUT2D eigenvalue weighted by Gasteiger charge is 2.36. The van der Waals surface area contributed by atoms with Crippen molar-refractivity contribution in [1.82, 2.24) is 4.90 Å². The largest absolute Gasteiger partial charge is 0.486 e. The first-order valence-electron chi connectivity index (χ1n) is 8.87. The molecule has 6 heteroatoms. The van der Waals surface area contributed by atoms with E-state index in [-0.39, 0.29) is 18.1 Å². The van der Waals surface area contributed by atoms with Gasteiger partial charge in [-0.1, -0.05) is 30.7 Å². The highest BCUT2D eigenvalue weighted by molar-refractivity contribution is 6.32. The predicted molar refractivity (Wildman–Crippen MR) is 101 cm³/mol. The van der Waals surface area contributed by atoms with Gasteiger partial charge in [0.1, 0.15) is 19.4 Å². The van der Waals surface area contributed by atoms with Gasteiger partial charge in [0.05, 0.1) is 10.6 Å². The first-order valence-corrected chi connectivity index (χ1v) is 9.25. The molecule has 0 spiro atoms. The lowest BCUT2D eigenvalue weighted by Crippen LogP contribution is -2.47. The number of hydrogen-bond acceptors (Lipinski definition) is 4. The van der Waals surface area contributed by atoms with E-state index >= 15 is 0 Å². The van der Waals surface area contributed by atoms with Crippen molar-refractivity contribution in [3.8, 4) is 11.5 Å². The van der Waals surface area contributed by atoms with Crippen LogP contribution in [0.3, 0.4) is 0 Å². The van der Waals surface area contributed by atoms with E-state index in [1.54, 1.807) is 0 Å². The zero-order valence-corrected chi connectivity index (χ0v) is 15.5. The van der Waals surface area contributed by atoms with E-state index in [1.807, 2.05) is 41.3 Å². The van der Waals surface area contributed by atoms with Gasteiger partial charge in [0.2, 0.25) is 0 Å². The lowest BCUT2D eigenvalue weighted by molar-refractivity contribution is 0.0593. The number of fused-ring (bicyclic) bond motifs is 2. The fourth-order valence-corrected chi connectivity index (χ4v) is 3.73. The van der Waals surface area contributed by atoms with Crippen LogP contribution in [0.5, 0.6) is 11.5 Å². The van der Waals surface area contributed by atoms with Crippen LogP contribution in [0.4, 0.5) is 5.69 Å². The molecule has 0 fully saturated rings. The van der Waals surface area contributed by atoms with Crippen LogP contribution in [0, 0.1) is 0 Å². The Bertz CT molecular complexity index is 855.